The van der Waals surface area contributed by atoms with Gasteiger partial charge in [0.1, 0.15) is 0 Å². The van der Waals surface area contributed by atoms with Gasteiger partial charge in [-0.15, -0.1) is 0 Å². The monoisotopic (exact) mass is 295 g/mol. The van der Waals surface area contributed by atoms with Crippen LogP contribution >= 0.6 is 0 Å². The summed E-state index contributed by atoms with van der Waals surface area (Å²) in [5.41, 5.74) is 9.73. The predicted octanol–water partition coefficient (Wildman–Crippen LogP) is 4.29. The lowest BCUT2D eigenvalue weighted by Crippen LogP contribution is -2.34. The fourth-order valence-electron chi connectivity index (χ4n) is 3.52. The quantitative estimate of drug-likeness (QED) is 0.883. The molecule has 2 heteroatoms. The zero-order chi connectivity index (χ0) is 15.4. The highest BCUT2D eigenvalue weighted by Crippen LogP contribution is 2.32. The molecule has 22 heavy (non-hydrogen) atoms. The molecule has 0 heterocycles. The van der Waals surface area contributed by atoms with Crippen molar-refractivity contribution in [3.8, 4) is 11.1 Å². The summed E-state index contributed by atoms with van der Waals surface area (Å²) in [6, 6.07) is 18.3. The van der Waals surface area contributed by atoms with Crippen molar-refractivity contribution in [1.82, 2.24) is 0 Å². The van der Waals surface area contributed by atoms with Crippen LogP contribution in [0.5, 0.6) is 0 Å². The van der Waals surface area contributed by atoms with Gasteiger partial charge >= 0.3 is 0 Å². The Labute approximate surface area is 133 Å². The van der Waals surface area contributed by atoms with E-state index in [1.54, 1.807) is 0 Å². The van der Waals surface area contributed by atoms with Crippen LogP contribution in [0.4, 0.5) is 0 Å². The summed E-state index contributed by atoms with van der Waals surface area (Å²) < 4.78 is 0. The molecule has 1 aliphatic carbocycles. The minimum absolute atomic E-state index is 0.299. The lowest BCUT2D eigenvalue weighted by Gasteiger charge is -2.30. The van der Waals surface area contributed by atoms with E-state index in [9.17, 15) is 5.11 Å². The van der Waals surface area contributed by atoms with Crippen molar-refractivity contribution in [2.24, 2.45) is 11.7 Å². The third-order valence-electron chi connectivity index (χ3n) is 4.88. The molecule has 2 nitrogen and oxygen atoms in total. The van der Waals surface area contributed by atoms with Crippen molar-refractivity contribution in [2.75, 3.05) is 0 Å². The average Bonchev–Trinajstić information content (AvgIpc) is 2.62. The van der Waals surface area contributed by atoms with E-state index in [-0.39, 0.29) is 6.04 Å². The average molecular weight is 295 g/mol. The largest absolute Gasteiger partial charge is 0.391 e. The van der Waals surface area contributed by atoms with Gasteiger partial charge < -0.3 is 10.8 Å². The lowest BCUT2D eigenvalue weighted by molar-refractivity contribution is 0.0618. The van der Waals surface area contributed by atoms with Crippen molar-refractivity contribution in [3.63, 3.8) is 0 Å². The fraction of sp³-hybridized carbons (Fsp3) is 0.400. The summed E-state index contributed by atoms with van der Waals surface area (Å²) in [5.74, 6) is 0.351. The zero-order valence-corrected chi connectivity index (χ0v) is 13.0. The van der Waals surface area contributed by atoms with Crippen LogP contribution in [0.1, 0.15) is 43.7 Å². The molecule has 0 spiro atoms. The minimum atomic E-state index is -0.439. The number of nitrogens with two attached hydrogens (primary N) is 1. The number of aliphatic hydroxyl groups excluding tert-OH is 1. The van der Waals surface area contributed by atoms with Gasteiger partial charge in [0.15, 0.2) is 0 Å². The van der Waals surface area contributed by atoms with Crippen molar-refractivity contribution in [2.45, 2.75) is 44.2 Å². The van der Waals surface area contributed by atoms with Gasteiger partial charge in [0, 0.05) is 0 Å². The Morgan fingerprint density at radius 2 is 1.55 bits per heavy atom. The van der Waals surface area contributed by atoms with Crippen LogP contribution in [0.15, 0.2) is 54.6 Å². The Balaban J connectivity index is 1.79. The van der Waals surface area contributed by atoms with E-state index < -0.39 is 6.10 Å². The number of benzene rings is 2. The number of hydrogen-bond acceptors (Lipinski definition) is 2. The van der Waals surface area contributed by atoms with Gasteiger partial charge in [0.05, 0.1) is 12.1 Å². The number of aliphatic hydroxyl groups is 1. The molecule has 2 aromatic carbocycles. The van der Waals surface area contributed by atoms with Crippen molar-refractivity contribution in [3.05, 3.63) is 60.2 Å². The maximum absolute atomic E-state index is 10.6. The maximum Gasteiger partial charge on any atom is 0.0760 e. The summed E-state index contributed by atoms with van der Waals surface area (Å²) in [7, 11) is 0. The first kappa shape index (κ1) is 15.3. The molecule has 2 aromatic rings. The maximum atomic E-state index is 10.6. The first-order valence-corrected chi connectivity index (χ1v) is 8.35. The topological polar surface area (TPSA) is 46.2 Å². The van der Waals surface area contributed by atoms with E-state index in [1.807, 2.05) is 30.3 Å². The highest BCUT2D eigenvalue weighted by molar-refractivity contribution is 5.64. The second-order valence-electron chi connectivity index (χ2n) is 6.41. The zero-order valence-electron chi connectivity index (χ0n) is 13.0. The summed E-state index contributed by atoms with van der Waals surface area (Å²) in [6.45, 7) is 0. The molecule has 3 N–H and O–H groups in total. The second-order valence-corrected chi connectivity index (χ2v) is 6.41. The van der Waals surface area contributed by atoms with Gasteiger partial charge in [-0.3, -0.25) is 0 Å². The molecule has 116 valence electrons. The first-order chi connectivity index (χ1) is 10.8. The second kappa shape index (κ2) is 7.08. The van der Waals surface area contributed by atoms with Gasteiger partial charge in [-0.25, -0.2) is 0 Å². The smallest absolute Gasteiger partial charge is 0.0760 e. The number of rotatable bonds is 4. The van der Waals surface area contributed by atoms with E-state index in [0.717, 1.165) is 24.0 Å². The van der Waals surface area contributed by atoms with Gasteiger partial charge in [0.2, 0.25) is 0 Å². The molecule has 0 bridgehead atoms. The molecular weight excluding hydrogens is 270 g/mol. The van der Waals surface area contributed by atoms with Crippen LogP contribution in [-0.4, -0.2) is 11.2 Å². The van der Waals surface area contributed by atoms with Crippen LogP contribution in [0, 0.1) is 5.92 Å². The molecule has 2 atom stereocenters. The molecule has 1 fully saturated rings. The van der Waals surface area contributed by atoms with Gasteiger partial charge in [-0.2, -0.15) is 0 Å². The van der Waals surface area contributed by atoms with Gasteiger partial charge in [-0.1, -0.05) is 67.8 Å². The van der Waals surface area contributed by atoms with Crippen LogP contribution in [0.25, 0.3) is 11.1 Å². The standard InChI is InChI=1S/C20H25NO/c21-19(20(22)16-10-5-2-6-11-16)18-13-7-12-17(14-18)15-8-3-1-4-9-15/h1,3-4,7-9,12-14,16,19-20,22H,2,5-6,10-11,21H2/t19-,20+/m0/s1. The van der Waals surface area contributed by atoms with Crippen LogP contribution in [0.3, 0.4) is 0 Å². The number of hydrogen-bond donors (Lipinski definition) is 2. The Bertz CT molecular complexity index is 590. The Hall–Kier alpha value is -1.64. The highest BCUT2D eigenvalue weighted by Gasteiger charge is 2.27. The predicted molar refractivity (Wildman–Crippen MR) is 91.4 cm³/mol. The van der Waals surface area contributed by atoms with Crippen LogP contribution in [-0.2, 0) is 0 Å². The van der Waals surface area contributed by atoms with E-state index in [0.29, 0.717) is 5.92 Å². The molecule has 3 rings (SSSR count). The van der Waals surface area contributed by atoms with Crippen LogP contribution < -0.4 is 5.73 Å². The Morgan fingerprint density at radius 3 is 2.27 bits per heavy atom. The van der Waals surface area contributed by atoms with Crippen molar-refractivity contribution < 1.29 is 5.11 Å². The Kier molecular flexibility index (Phi) is 4.91. The fourth-order valence-corrected chi connectivity index (χ4v) is 3.52. The lowest BCUT2D eigenvalue weighted by atomic mass is 9.81. The van der Waals surface area contributed by atoms with E-state index in [2.05, 4.69) is 24.3 Å². The summed E-state index contributed by atoms with van der Waals surface area (Å²) in [6.07, 6.45) is 5.51. The molecular formula is C20H25NO. The third-order valence-corrected chi connectivity index (χ3v) is 4.88. The molecule has 0 amide bonds. The summed E-state index contributed by atoms with van der Waals surface area (Å²) in [5, 5.41) is 10.6. The van der Waals surface area contributed by atoms with E-state index in [1.165, 1.54) is 24.8 Å². The third kappa shape index (κ3) is 3.40. The molecule has 0 aliphatic heterocycles. The van der Waals surface area contributed by atoms with E-state index >= 15 is 0 Å². The normalized spacial score (nSPS) is 18.8. The molecule has 0 aromatic heterocycles. The van der Waals surface area contributed by atoms with Crippen molar-refractivity contribution in [1.29, 1.82) is 0 Å². The van der Waals surface area contributed by atoms with Gasteiger partial charge in [0.25, 0.3) is 0 Å². The van der Waals surface area contributed by atoms with Crippen molar-refractivity contribution >= 4 is 0 Å². The van der Waals surface area contributed by atoms with Gasteiger partial charge in [-0.05, 0) is 41.5 Å². The van der Waals surface area contributed by atoms with Crippen LogP contribution in [0.2, 0.25) is 0 Å². The molecule has 0 saturated heterocycles. The molecule has 1 aliphatic rings. The molecule has 0 radical (unpaired) electrons. The summed E-state index contributed by atoms with van der Waals surface area (Å²) in [4.78, 5) is 0. The minimum Gasteiger partial charge on any atom is -0.391 e. The first-order valence-electron chi connectivity index (χ1n) is 8.35. The SMILES string of the molecule is N[C@@H](c1cccc(-c2ccccc2)c1)[C@H](O)C1CCCCC1. The highest BCUT2D eigenvalue weighted by atomic mass is 16.3. The molecule has 0 unspecified atom stereocenters. The summed E-state index contributed by atoms with van der Waals surface area (Å²) >= 11 is 0. The van der Waals surface area contributed by atoms with E-state index in [4.69, 9.17) is 5.73 Å². The molecule has 1 saturated carbocycles. The Morgan fingerprint density at radius 1 is 0.864 bits per heavy atom.